The zero-order valence-electron chi connectivity index (χ0n) is 13.3. The van der Waals surface area contributed by atoms with Crippen molar-refractivity contribution in [1.29, 1.82) is 0 Å². The lowest BCUT2D eigenvalue weighted by atomic mass is 9.98. The summed E-state index contributed by atoms with van der Waals surface area (Å²) in [6.07, 6.45) is 5.78. The van der Waals surface area contributed by atoms with Gasteiger partial charge in [0.15, 0.2) is 0 Å². The van der Waals surface area contributed by atoms with Gasteiger partial charge in [-0.15, -0.1) is 0 Å². The topological polar surface area (TPSA) is 42.4 Å². The van der Waals surface area contributed by atoms with Gasteiger partial charge < -0.3 is 9.64 Å². The zero-order valence-corrected chi connectivity index (χ0v) is 14.9. The van der Waals surface area contributed by atoms with Crippen molar-refractivity contribution in [3.8, 4) is 5.88 Å². The highest BCUT2D eigenvalue weighted by Crippen LogP contribution is 2.38. The minimum atomic E-state index is 0.139. The van der Waals surface area contributed by atoms with Crippen LogP contribution in [0.3, 0.4) is 0 Å². The lowest BCUT2D eigenvalue weighted by molar-refractivity contribution is 0.0348. The summed E-state index contributed by atoms with van der Waals surface area (Å²) < 4.78 is 6.97. The number of fused-ring (bicyclic) bond motifs is 2. The molecule has 0 radical (unpaired) electrons. The maximum Gasteiger partial charge on any atom is 0.254 e. The van der Waals surface area contributed by atoms with Gasteiger partial charge in [0.1, 0.15) is 6.10 Å². The smallest absolute Gasteiger partial charge is 0.254 e. The number of hydrogen-bond donors (Lipinski definition) is 0. The summed E-state index contributed by atoms with van der Waals surface area (Å²) >= 11 is 3.45. The SMILES string of the molecule is O=C(c1cccc(Br)c1)N1C2CCC1CC(Oc1ccccn1)C2. The fourth-order valence-corrected chi connectivity index (χ4v) is 4.31. The van der Waals surface area contributed by atoms with Gasteiger partial charge in [-0.05, 0) is 37.1 Å². The first kappa shape index (κ1) is 15.6. The number of aromatic nitrogens is 1. The van der Waals surface area contributed by atoms with E-state index in [1.165, 1.54) is 0 Å². The van der Waals surface area contributed by atoms with Crippen LogP contribution in [0.1, 0.15) is 36.0 Å². The number of rotatable bonds is 3. The monoisotopic (exact) mass is 386 g/mol. The van der Waals surface area contributed by atoms with Gasteiger partial charge in [0.2, 0.25) is 5.88 Å². The Morgan fingerprint density at radius 3 is 2.58 bits per heavy atom. The Labute approximate surface area is 150 Å². The largest absolute Gasteiger partial charge is 0.474 e. The van der Waals surface area contributed by atoms with Crippen molar-refractivity contribution in [2.24, 2.45) is 0 Å². The molecule has 4 nitrogen and oxygen atoms in total. The summed E-state index contributed by atoms with van der Waals surface area (Å²) in [7, 11) is 0. The van der Waals surface area contributed by atoms with Gasteiger partial charge in [0, 0.05) is 47.2 Å². The van der Waals surface area contributed by atoms with Crippen molar-refractivity contribution < 1.29 is 9.53 Å². The minimum absolute atomic E-state index is 0.139. The zero-order chi connectivity index (χ0) is 16.5. The highest BCUT2D eigenvalue weighted by Gasteiger charge is 2.44. The fourth-order valence-electron chi connectivity index (χ4n) is 3.91. The second-order valence-corrected chi connectivity index (χ2v) is 7.40. The molecule has 5 heteroatoms. The molecule has 0 spiro atoms. The molecule has 3 heterocycles. The van der Waals surface area contributed by atoms with Gasteiger partial charge in [-0.2, -0.15) is 0 Å². The highest BCUT2D eigenvalue weighted by atomic mass is 79.9. The molecular weight excluding hydrogens is 368 g/mol. The van der Waals surface area contributed by atoms with Crippen LogP contribution in [0.2, 0.25) is 0 Å². The maximum atomic E-state index is 12.9. The Balaban J connectivity index is 1.48. The minimum Gasteiger partial charge on any atom is -0.474 e. The molecule has 2 bridgehead atoms. The molecule has 2 saturated heterocycles. The summed E-state index contributed by atoms with van der Waals surface area (Å²) in [5.74, 6) is 0.814. The molecule has 2 atom stereocenters. The summed E-state index contributed by atoms with van der Waals surface area (Å²) in [5.41, 5.74) is 0.755. The predicted octanol–water partition coefficient (Wildman–Crippen LogP) is 4.06. The second-order valence-electron chi connectivity index (χ2n) is 6.49. The number of piperidine rings is 1. The van der Waals surface area contributed by atoms with E-state index >= 15 is 0 Å². The van der Waals surface area contributed by atoms with Gasteiger partial charge in [-0.1, -0.05) is 28.1 Å². The molecule has 2 aliphatic heterocycles. The van der Waals surface area contributed by atoms with Crippen LogP contribution in [-0.4, -0.2) is 34.0 Å². The van der Waals surface area contributed by atoms with E-state index in [9.17, 15) is 4.79 Å². The van der Waals surface area contributed by atoms with E-state index in [1.807, 2.05) is 42.5 Å². The van der Waals surface area contributed by atoms with Crippen molar-refractivity contribution >= 4 is 21.8 Å². The van der Waals surface area contributed by atoms with E-state index in [-0.39, 0.29) is 24.1 Å². The molecule has 0 saturated carbocycles. The van der Waals surface area contributed by atoms with Gasteiger partial charge in [-0.3, -0.25) is 4.79 Å². The Morgan fingerprint density at radius 1 is 1.12 bits per heavy atom. The summed E-state index contributed by atoms with van der Waals surface area (Å²) in [6.45, 7) is 0. The predicted molar refractivity (Wildman–Crippen MR) is 95.0 cm³/mol. The average Bonchev–Trinajstić information content (AvgIpc) is 2.86. The highest BCUT2D eigenvalue weighted by molar-refractivity contribution is 9.10. The van der Waals surface area contributed by atoms with E-state index in [1.54, 1.807) is 6.20 Å². The van der Waals surface area contributed by atoms with Crippen molar-refractivity contribution in [3.63, 3.8) is 0 Å². The Morgan fingerprint density at radius 2 is 1.92 bits per heavy atom. The van der Waals surface area contributed by atoms with Gasteiger partial charge in [0.05, 0.1) is 0 Å². The Kier molecular flexibility index (Phi) is 4.27. The Hall–Kier alpha value is -1.88. The van der Waals surface area contributed by atoms with Crippen LogP contribution in [0.4, 0.5) is 0 Å². The van der Waals surface area contributed by atoms with E-state index in [2.05, 4.69) is 25.8 Å². The van der Waals surface area contributed by atoms with Crippen molar-refractivity contribution in [2.75, 3.05) is 0 Å². The molecule has 2 aromatic rings. The lowest BCUT2D eigenvalue weighted by Crippen LogP contribution is -2.49. The first-order valence-electron chi connectivity index (χ1n) is 8.36. The van der Waals surface area contributed by atoms with Crippen LogP contribution in [0.15, 0.2) is 53.1 Å². The van der Waals surface area contributed by atoms with Crippen molar-refractivity contribution in [3.05, 3.63) is 58.7 Å². The third-order valence-corrected chi connectivity index (χ3v) is 5.41. The van der Waals surface area contributed by atoms with Crippen molar-refractivity contribution in [2.45, 2.75) is 43.9 Å². The van der Waals surface area contributed by atoms with Crippen LogP contribution in [0.5, 0.6) is 5.88 Å². The van der Waals surface area contributed by atoms with Gasteiger partial charge >= 0.3 is 0 Å². The van der Waals surface area contributed by atoms with Crippen LogP contribution in [0.25, 0.3) is 0 Å². The first-order chi connectivity index (χ1) is 11.7. The third-order valence-electron chi connectivity index (χ3n) is 4.92. The number of carbonyl (C=O) groups excluding carboxylic acids is 1. The van der Waals surface area contributed by atoms with Crippen LogP contribution in [0, 0.1) is 0 Å². The van der Waals surface area contributed by atoms with E-state index < -0.39 is 0 Å². The molecule has 4 rings (SSSR count). The number of nitrogens with zero attached hydrogens (tertiary/aromatic N) is 2. The van der Waals surface area contributed by atoms with E-state index in [0.717, 1.165) is 35.7 Å². The molecule has 1 aromatic carbocycles. The van der Waals surface area contributed by atoms with E-state index in [0.29, 0.717) is 5.88 Å². The third kappa shape index (κ3) is 3.05. The number of halogens is 1. The fraction of sp³-hybridized carbons (Fsp3) is 0.368. The number of amides is 1. The molecule has 1 amide bonds. The van der Waals surface area contributed by atoms with Gasteiger partial charge in [-0.25, -0.2) is 4.98 Å². The number of hydrogen-bond acceptors (Lipinski definition) is 3. The molecule has 0 N–H and O–H groups in total. The van der Waals surface area contributed by atoms with Gasteiger partial charge in [0.25, 0.3) is 5.91 Å². The summed E-state index contributed by atoms with van der Waals surface area (Å²) in [5, 5.41) is 0. The molecule has 0 aliphatic carbocycles. The maximum absolute atomic E-state index is 12.9. The van der Waals surface area contributed by atoms with Crippen LogP contribution in [-0.2, 0) is 0 Å². The van der Waals surface area contributed by atoms with Crippen molar-refractivity contribution in [1.82, 2.24) is 9.88 Å². The summed E-state index contributed by atoms with van der Waals surface area (Å²) in [6, 6.07) is 13.9. The standard InChI is InChI=1S/C19H19BrN2O2/c20-14-5-3-4-13(10-14)19(23)22-15-7-8-16(22)12-17(11-15)24-18-6-1-2-9-21-18/h1-6,9-10,15-17H,7-8,11-12H2. The number of pyridine rings is 1. The molecule has 24 heavy (non-hydrogen) atoms. The molecule has 2 fully saturated rings. The quantitative estimate of drug-likeness (QED) is 0.798. The first-order valence-corrected chi connectivity index (χ1v) is 9.16. The lowest BCUT2D eigenvalue weighted by Gasteiger charge is -2.38. The molecule has 2 aliphatic rings. The second kappa shape index (κ2) is 6.55. The number of ether oxygens (including phenoxy) is 1. The Bertz CT molecular complexity index is 723. The number of carbonyl (C=O) groups is 1. The summed E-state index contributed by atoms with van der Waals surface area (Å²) in [4.78, 5) is 19.3. The van der Waals surface area contributed by atoms with E-state index in [4.69, 9.17) is 4.74 Å². The normalized spacial score (nSPS) is 25.5. The van der Waals surface area contributed by atoms with Crippen LogP contribution >= 0.6 is 15.9 Å². The molecule has 1 aromatic heterocycles. The van der Waals surface area contributed by atoms with Crippen LogP contribution < -0.4 is 4.74 Å². The molecule has 124 valence electrons. The average molecular weight is 387 g/mol. The number of benzene rings is 1. The molecular formula is C19H19BrN2O2. The molecule has 2 unspecified atom stereocenters.